The van der Waals surface area contributed by atoms with E-state index in [1.807, 2.05) is 24.3 Å². The third-order valence-electron chi connectivity index (χ3n) is 2.96. The van der Waals surface area contributed by atoms with Crippen LogP contribution in [-0.2, 0) is 19.9 Å². The fourth-order valence-electron chi connectivity index (χ4n) is 1.89. The Morgan fingerprint density at radius 2 is 2.35 bits per heavy atom. The van der Waals surface area contributed by atoms with Crippen molar-refractivity contribution in [1.82, 2.24) is 20.1 Å². The maximum absolute atomic E-state index is 4.47. The van der Waals surface area contributed by atoms with Crippen molar-refractivity contribution in [2.45, 2.75) is 25.8 Å². The van der Waals surface area contributed by atoms with Gasteiger partial charge < -0.3 is 5.32 Å². The van der Waals surface area contributed by atoms with Gasteiger partial charge in [-0.3, -0.25) is 4.68 Å². The number of rotatable bonds is 5. The van der Waals surface area contributed by atoms with Gasteiger partial charge in [-0.05, 0) is 19.5 Å². The van der Waals surface area contributed by atoms with Gasteiger partial charge in [-0.25, -0.2) is 4.98 Å². The Morgan fingerprint density at radius 3 is 2.88 bits per heavy atom. The fourth-order valence-corrected chi connectivity index (χ4v) is 2.50. The minimum Gasteiger partial charge on any atom is -0.311 e. The lowest BCUT2D eigenvalue weighted by atomic mass is 10.1. The van der Waals surface area contributed by atoms with E-state index in [2.05, 4.69) is 33.8 Å². The second kappa shape index (κ2) is 5.42. The molecule has 0 aliphatic rings. The normalized spacial score (nSPS) is 12.9. The monoisotopic (exact) mass is 250 g/mol. The van der Waals surface area contributed by atoms with Crippen LogP contribution in [0.1, 0.15) is 30.0 Å². The lowest BCUT2D eigenvalue weighted by molar-refractivity contribution is 0.551. The van der Waals surface area contributed by atoms with E-state index in [0.29, 0.717) is 0 Å². The van der Waals surface area contributed by atoms with Crippen molar-refractivity contribution < 1.29 is 0 Å². The Labute approximate surface area is 106 Å². The Bertz CT molecular complexity index is 461. The SMILES string of the molecule is CCc1cc(CC(NC)c2cscn2)n(C)n1. The average molecular weight is 250 g/mol. The summed E-state index contributed by atoms with van der Waals surface area (Å²) in [6, 6.07) is 2.44. The zero-order chi connectivity index (χ0) is 12.3. The molecule has 2 rings (SSSR count). The summed E-state index contributed by atoms with van der Waals surface area (Å²) in [6.45, 7) is 2.13. The van der Waals surface area contributed by atoms with Crippen molar-refractivity contribution >= 4 is 11.3 Å². The van der Waals surface area contributed by atoms with Crippen molar-refractivity contribution in [2.24, 2.45) is 7.05 Å². The van der Waals surface area contributed by atoms with E-state index in [1.54, 1.807) is 11.3 Å². The molecule has 17 heavy (non-hydrogen) atoms. The third kappa shape index (κ3) is 2.73. The molecule has 0 fully saturated rings. The minimum atomic E-state index is 0.265. The molecule has 0 bridgehead atoms. The zero-order valence-corrected chi connectivity index (χ0v) is 11.3. The highest BCUT2D eigenvalue weighted by atomic mass is 32.1. The molecule has 1 N–H and O–H groups in total. The summed E-state index contributed by atoms with van der Waals surface area (Å²) < 4.78 is 1.97. The van der Waals surface area contributed by atoms with Crippen LogP contribution in [0.5, 0.6) is 0 Å². The molecule has 2 aromatic heterocycles. The van der Waals surface area contributed by atoms with Crippen molar-refractivity contribution in [3.63, 3.8) is 0 Å². The van der Waals surface area contributed by atoms with Crippen LogP contribution >= 0.6 is 11.3 Å². The van der Waals surface area contributed by atoms with Gasteiger partial charge in [0.25, 0.3) is 0 Å². The van der Waals surface area contributed by atoms with E-state index >= 15 is 0 Å². The van der Waals surface area contributed by atoms with Crippen molar-refractivity contribution in [3.05, 3.63) is 34.0 Å². The summed E-state index contributed by atoms with van der Waals surface area (Å²) in [6.07, 6.45) is 1.90. The molecular formula is C12H18N4S. The average Bonchev–Trinajstić information content (AvgIpc) is 2.96. The number of nitrogens with zero attached hydrogens (tertiary/aromatic N) is 3. The van der Waals surface area contributed by atoms with Gasteiger partial charge >= 0.3 is 0 Å². The van der Waals surface area contributed by atoms with Crippen LogP contribution in [0.4, 0.5) is 0 Å². The largest absolute Gasteiger partial charge is 0.311 e. The maximum Gasteiger partial charge on any atom is 0.0795 e. The number of hydrogen-bond donors (Lipinski definition) is 1. The molecule has 0 saturated heterocycles. The van der Waals surface area contributed by atoms with Gasteiger partial charge in [0, 0.05) is 24.5 Å². The lowest BCUT2D eigenvalue weighted by Crippen LogP contribution is -2.20. The van der Waals surface area contributed by atoms with Gasteiger partial charge in [0.05, 0.1) is 22.9 Å². The van der Waals surface area contributed by atoms with Crippen LogP contribution in [0.3, 0.4) is 0 Å². The predicted molar refractivity (Wildman–Crippen MR) is 70.2 cm³/mol. The van der Waals surface area contributed by atoms with E-state index < -0.39 is 0 Å². The highest BCUT2D eigenvalue weighted by molar-refractivity contribution is 7.07. The highest BCUT2D eigenvalue weighted by Crippen LogP contribution is 2.18. The summed E-state index contributed by atoms with van der Waals surface area (Å²) in [5.74, 6) is 0. The Balaban J connectivity index is 2.15. The first kappa shape index (κ1) is 12.3. The molecule has 92 valence electrons. The molecule has 1 unspecified atom stereocenters. The number of hydrogen-bond acceptors (Lipinski definition) is 4. The molecule has 1 atom stereocenters. The quantitative estimate of drug-likeness (QED) is 0.882. The minimum absolute atomic E-state index is 0.265. The third-order valence-corrected chi connectivity index (χ3v) is 3.56. The highest BCUT2D eigenvalue weighted by Gasteiger charge is 2.14. The second-order valence-electron chi connectivity index (χ2n) is 4.06. The molecule has 0 amide bonds. The summed E-state index contributed by atoms with van der Waals surface area (Å²) in [4.78, 5) is 4.37. The molecule has 0 spiro atoms. The number of aryl methyl sites for hydroxylation is 2. The second-order valence-corrected chi connectivity index (χ2v) is 4.78. The summed E-state index contributed by atoms with van der Waals surface area (Å²) >= 11 is 1.63. The van der Waals surface area contributed by atoms with Gasteiger partial charge in [0.2, 0.25) is 0 Å². The van der Waals surface area contributed by atoms with Gasteiger partial charge in [0.15, 0.2) is 0 Å². The number of nitrogens with one attached hydrogen (secondary N) is 1. The van der Waals surface area contributed by atoms with E-state index in [4.69, 9.17) is 0 Å². The molecule has 0 saturated carbocycles. The Kier molecular flexibility index (Phi) is 3.91. The molecule has 5 heteroatoms. The molecule has 0 aliphatic carbocycles. The van der Waals surface area contributed by atoms with E-state index in [9.17, 15) is 0 Å². The number of thiazole rings is 1. The van der Waals surface area contributed by atoms with Crippen LogP contribution in [0.2, 0.25) is 0 Å². The van der Waals surface area contributed by atoms with Gasteiger partial charge in [-0.1, -0.05) is 6.92 Å². The van der Waals surface area contributed by atoms with Gasteiger partial charge in [-0.2, -0.15) is 5.10 Å². The topological polar surface area (TPSA) is 42.7 Å². The molecule has 2 heterocycles. The first-order valence-electron chi connectivity index (χ1n) is 5.81. The van der Waals surface area contributed by atoms with Crippen LogP contribution in [-0.4, -0.2) is 21.8 Å². The zero-order valence-electron chi connectivity index (χ0n) is 10.5. The van der Waals surface area contributed by atoms with Gasteiger partial charge in [0.1, 0.15) is 0 Å². The van der Waals surface area contributed by atoms with Crippen LogP contribution < -0.4 is 5.32 Å². The van der Waals surface area contributed by atoms with Crippen LogP contribution in [0.25, 0.3) is 0 Å². The first-order chi connectivity index (χ1) is 8.24. The van der Waals surface area contributed by atoms with Crippen molar-refractivity contribution in [2.75, 3.05) is 7.05 Å². The molecular weight excluding hydrogens is 232 g/mol. The summed E-state index contributed by atoms with van der Waals surface area (Å²) in [7, 11) is 3.98. The maximum atomic E-state index is 4.47. The van der Waals surface area contributed by atoms with E-state index in [-0.39, 0.29) is 6.04 Å². The smallest absolute Gasteiger partial charge is 0.0795 e. The van der Waals surface area contributed by atoms with Crippen molar-refractivity contribution in [3.8, 4) is 0 Å². The summed E-state index contributed by atoms with van der Waals surface area (Å²) in [5.41, 5.74) is 5.38. The fraction of sp³-hybridized carbons (Fsp3) is 0.500. The van der Waals surface area contributed by atoms with Crippen LogP contribution in [0, 0.1) is 0 Å². The number of aromatic nitrogens is 3. The lowest BCUT2D eigenvalue weighted by Gasteiger charge is -2.13. The molecule has 0 aliphatic heterocycles. The summed E-state index contributed by atoms with van der Waals surface area (Å²) in [5, 5.41) is 9.87. The number of likely N-dealkylation sites (N-methyl/N-ethyl adjacent to an activating group) is 1. The molecule has 2 aromatic rings. The van der Waals surface area contributed by atoms with Crippen molar-refractivity contribution in [1.29, 1.82) is 0 Å². The van der Waals surface area contributed by atoms with Gasteiger partial charge in [-0.15, -0.1) is 11.3 Å². The molecule has 0 radical (unpaired) electrons. The van der Waals surface area contributed by atoms with Crippen LogP contribution in [0.15, 0.2) is 17.0 Å². The standard InChI is InChI=1S/C12H18N4S/c1-4-9-5-10(16(3)15-9)6-11(13-2)12-7-17-8-14-12/h5,7-8,11,13H,4,6H2,1-3H3. The Morgan fingerprint density at radius 1 is 1.53 bits per heavy atom. The predicted octanol–water partition coefficient (Wildman–Crippen LogP) is 1.94. The Hall–Kier alpha value is -1.20. The molecule has 0 aromatic carbocycles. The van der Waals surface area contributed by atoms with E-state index in [1.165, 1.54) is 5.69 Å². The van der Waals surface area contributed by atoms with E-state index in [0.717, 1.165) is 24.2 Å². The molecule has 4 nitrogen and oxygen atoms in total. The first-order valence-corrected chi connectivity index (χ1v) is 6.76.